The van der Waals surface area contributed by atoms with E-state index in [1.807, 2.05) is 0 Å². The Hall–Kier alpha value is -1.12. The van der Waals surface area contributed by atoms with Crippen LogP contribution in [0.3, 0.4) is 0 Å². The average molecular weight is 187 g/mol. The molecule has 13 heavy (non-hydrogen) atoms. The van der Waals surface area contributed by atoms with E-state index in [1.165, 1.54) is 0 Å². The molecule has 0 bridgehead atoms. The molecule has 0 aliphatic heterocycles. The van der Waals surface area contributed by atoms with Crippen molar-refractivity contribution in [2.45, 2.75) is 6.42 Å². The van der Waals surface area contributed by atoms with E-state index in [0.717, 1.165) is 0 Å². The third-order valence-electron chi connectivity index (χ3n) is 1.44. The maximum absolute atomic E-state index is 10.3. The summed E-state index contributed by atoms with van der Waals surface area (Å²) in [6.07, 6.45) is 0.218. The highest BCUT2D eigenvalue weighted by Crippen LogP contribution is 2.01. The summed E-state index contributed by atoms with van der Waals surface area (Å²) >= 11 is 0. The van der Waals surface area contributed by atoms with Crippen LogP contribution in [-0.4, -0.2) is 38.0 Å². The van der Waals surface area contributed by atoms with Crippen LogP contribution >= 0.6 is 0 Å². The number of carboxylic acid groups (broad SMARTS) is 1. The number of nitriles is 1. The molecule has 1 unspecified atom stereocenters. The molecule has 0 aliphatic carbocycles. The second kappa shape index (κ2) is 7.53. The van der Waals surface area contributed by atoms with Crippen molar-refractivity contribution < 1.29 is 19.4 Å². The predicted molar refractivity (Wildman–Crippen MR) is 44.1 cm³/mol. The van der Waals surface area contributed by atoms with Gasteiger partial charge in [0.1, 0.15) is 5.92 Å². The van der Waals surface area contributed by atoms with Crippen LogP contribution in [0.15, 0.2) is 0 Å². The quantitative estimate of drug-likeness (QED) is 0.578. The van der Waals surface area contributed by atoms with Gasteiger partial charge < -0.3 is 14.6 Å². The van der Waals surface area contributed by atoms with Crippen LogP contribution < -0.4 is 0 Å². The van der Waals surface area contributed by atoms with Crippen LogP contribution in [0.2, 0.25) is 0 Å². The van der Waals surface area contributed by atoms with Crippen molar-refractivity contribution >= 4 is 5.97 Å². The van der Waals surface area contributed by atoms with Crippen LogP contribution in [-0.2, 0) is 14.3 Å². The summed E-state index contributed by atoms with van der Waals surface area (Å²) < 4.78 is 9.73. The lowest BCUT2D eigenvalue weighted by molar-refractivity contribution is -0.140. The van der Waals surface area contributed by atoms with E-state index in [-0.39, 0.29) is 13.0 Å². The van der Waals surface area contributed by atoms with Gasteiger partial charge in [0.25, 0.3) is 0 Å². The van der Waals surface area contributed by atoms with Gasteiger partial charge >= 0.3 is 5.97 Å². The van der Waals surface area contributed by atoms with E-state index in [2.05, 4.69) is 0 Å². The normalized spacial score (nSPS) is 12.0. The van der Waals surface area contributed by atoms with Crippen molar-refractivity contribution in [1.29, 1.82) is 5.26 Å². The van der Waals surface area contributed by atoms with E-state index in [4.69, 9.17) is 19.8 Å². The fourth-order valence-electron chi connectivity index (χ4n) is 0.689. The number of carboxylic acids is 1. The first-order chi connectivity index (χ1) is 6.22. The Morgan fingerprint density at radius 1 is 1.54 bits per heavy atom. The first-order valence-corrected chi connectivity index (χ1v) is 3.91. The Morgan fingerprint density at radius 3 is 2.69 bits per heavy atom. The standard InChI is InChI=1S/C8H13NO4/c1-12-4-5-13-3-2-7(6-9)8(10)11/h7H,2-5H2,1H3,(H,10,11). The highest BCUT2D eigenvalue weighted by Gasteiger charge is 2.15. The average Bonchev–Trinajstić information content (AvgIpc) is 2.10. The Labute approximate surface area is 76.9 Å². The molecular formula is C8H13NO4. The highest BCUT2D eigenvalue weighted by atomic mass is 16.5. The van der Waals surface area contributed by atoms with E-state index in [0.29, 0.717) is 13.2 Å². The van der Waals surface area contributed by atoms with Crippen molar-refractivity contribution in [2.24, 2.45) is 5.92 Å². The summed E-state index contributed by atoms with van der Waals surface area (Å²) in [6, 6.07) is 1.68. The van der Waals surface area contributed by atoms with Gasteiger partial charge in [-0.3, -0.25) is 4.79 Å². The zero-order chi connectivity index (χ0) is 10.1. The molecule has 0 amide bonds. The highest BCUT2D eigenvalue weighted by molar-refractivity contribution is 5.72. The molecule has 1 N–H and O–H groups in total. The number of rotatable bonds is 7. The van der Waals surface area contributed by atoms with Crippen LogP contribution in [0.25, 0.3) is 0 Å². The fourth-order valence-corrected chi connectivity index (χ4v) is 0.689. The Bertz CT molecular complexity index is 187. The summed E-state index contributed by atoms with van der Waals surface area (Å²) in [7, 11) is 1.55. The molecule has 0 heterocycles. The maximum atomic E-state index is 10.3. The van der Waals surface area contributed by atoms with Gasteiger partial charge in [0.05, 0.1) is 19.3 Å². The molecule has 5 heteroatoms. The molecule has 0 aromatic rings. The molecule has 0 aromatic heterocycles. The molecular weight excluding hydrogens is 174 g/mol. The SMILES string of the molecule is COCCOCCC(C#N)C(=O)O. The van der Waals surface area contributed by atoms with Crippen molar-refractivity contribution in [1.82, 2.24) is 0 Å². The zero-order valence-corrected chi connectivity index (χ0v) is 7.52. The lowest BCUT2D eigenvalue weighted by atomic mass is 10.1. The molecule has 0 saturated carbocycles. The van der Waals surface area contributed by atoms with Crippen molar-refractivity contribution in [3.05, 3.63) is 0 Å². The Kier molecular flexibility index (Phi) is 6.88. The summed E-state index contributed by atoms with van der Waals surface area (Å²) in [4.78, 5) is 10.3. The number of aliphatic carboxylic acids is 1. The number of hydrogen-bond donors (Lipinski definition) is 1. The molecule has 74 valence electrons. The fraction of sp³-hybridized carbons (Fsp3) is 0.750. The minimum Gasteiger partial charge on any atom is -0.480 e. The first-order valence-electron chi connectivity index (χ1n) is 3.91. The van der Waals surface area contributed by atoms with Gasteiger partial charge in [-0.05, 0) is 6.42 Å². The molecule has 0 aromatic carbocycles. The van der Waals surface area contributed by atoms with E-state index >= 15 is 0 Å². The summed E-state index contributed by atoms with van der Waals surface area (Å²) in [6.45, 7) is 1.17. The van der Waals surface area contributed by atoms with Gasteiger partial charge in [-0.1, -0.05) is 0 Å². The lowest BCUT2D eigenvalue weighted by Crippen LogP contribution is -2.14. The van der Waals surface area contributed by atoms with Gasteiger partial charge in [-0.15, -0.1) is 0 Å². The van der Waals surface area contributed by atoms with Crippen LogP contribution in [0.5, 0.6) is 0 Å². The van der Waals surface area contributed by atoms with E-state index in [9.17, 15) is 4.79 Å². The summed E-state index contributed by atoms with van der Waals surface area (Å²) in [5.41, 5.74) is 0. The lowest BCUT2D eigenvalue weighted by Gasteiger charge is -2.04. The topological polar surface area (TPSA) is 79.5 Å². The largest absolute Gasteiger partial charge is 0.480 e. The minimum atomic E-state index is -1.10. The predicted octanol–water partition coefficient (Wildman–Crippen LogP) is 0.264. The summed E-state index contributed by atoms with van der Waals surface area (Å²) in [5, 5.41) is 16.9. The molecule has 0 aliphatic rings. The Balaban J connectivity index is 3.41. The zero-order valence-electron chi connectivity index (χ0n) is 7.52. The van der Waals surface area contributed by atoms with Crippen LogP contribution in [0.1, 0.15) is 6.42 Å². The summed E-state index contributed by atoms with van der Waals surface area (Å²) in [5.74, 6) is -2.07. The number of ether oxygens (including phenoxy) is 2. The number of methoxy groups -OCH3 is 1. The molecule has 5 nitrogen and oxygen atoms in total. The first kappa shape index (κ1) is 11.9. The Morgan fingerprint density at radius 2 is 2.23 bits per heavy atom. The van der Waals surface area contributed by atoms with Crippen molar-refractivity contribution in [2.75, 3.05) is 26.9 Å². The molecule has 0 rings (SSSR count). The number of carbonyl (C=O) groups is 1. The van der Waals surface area contributed by atoms with Gasteiger partial charge in [-0.2, -0.15) is 5.26 Å². The van der Waals surface area contributed by atoms with Crippen molar-refractivity contribution in [3.63, 3.8) is 0 Å². The van der Waals surface area contributed by atoms with Gasteiger partial charge in [0.15, 0.2) is 0 Å². The molecule has 0 spiro atoms. The maximum Gasteiger partial charge on any atom is 0.320 e. The van der Waals surface area contributed by atoms with Crippen LogP contribution in [0, 0.1) is 17.2 Å². The molecule has 1 atom stereocenters. The second-order valence-electron chi connectivity index (χ2n) is 2.41. The van der Waals surface area contributed by atoms with Crippen molar-refractivity contribution in [3.8, 4) is 6.07 Å². The molecule has 0 saturated heterocycles. The third kappa shape index (κ3) is 6.08. The number of nitrogens with zero attached hydrogens (tertiary/aromatic N) is 1. The second-order valence-corrected chi connectivity index (χ2v) is 2.41. The van der Waals surface area contributed by atoms with E-state index in [1.54, 1.807) is 13.2 Å². The monoisotopic (exact) mass is 187 g/mol. The van der Waals surface area contributed by atoms with Gasteiger partial charge in [0, 0.05) is 13.7 Å². The van der Waals surface area contributed by atoms with Gasteiger partial charge in [-0.25, -0.2) is 0 Å². The van der Waals surface area contributed by atoms with E-state index < -0.39 is 11.9 Å². The third-order valence-corrected chi connectivity index (χ3v) is 1.44. The molecule has 0 fully saturated rings. The van der Waals surface area contributed by atoms with Crippen LogP contribution in [0.4, 0.5) is 0 Å². The molecule has 0 radical (unpaired) electrons. The number of hydrogen-bond acceptors (Lipinski definition) is 4. The van der Waals surface area contributed by atoms with Gasteiger partial charge in [0.2, 0.25) is 0 Å². The smallest absolute Gasteiger partial charge is 0.320 e. The minimum absolute atomic E-state index is 0.218.